The zero-order chi connectivity index (χ0) is 23.2. The number of hydrogen-bond acceptors (Lipinski definition) is 1. The zero-order valence-electron chi connectivity index (χ0n) is 20.0. The second-order valence-electron chi connectivity index (χ2n) is 10.0. The summed E-state index contributed by atoms with van der Waals surface area (Å²) < 4.78 is 33.6. The molecule has 0 N–H and O–H groups in total. The van der Waals surface area contributed by atoms with E-state index in [2.05, 4.69) is 36.9 Å². The molecular weight excluding hydrogens is 414 g/mol. The lowest BCUT2D eigenvalue weighted by molar-refractivity contribution is 0.171. The third-order valence-corrected chi connectivity index (χ3v) is 8.15. The Morgan fingerprint density at radius 1 is 0.818 bits per heavy atom. The molecule has 33 heavy (non-hydrogen) atoms. The van der Waals surface area contributed by atoms with Crippen LogP contribution in [0.25, 0.3) is 0 Å². The van der Waals surface area contributed by atoms with Crippen LogP contribution in [0.4, 0.5) is 8.78 Å². The van der Waals surface area contributed by atoms with E-state index in [-0.39, 0.29) is 5.75 Å². The van der Waals surface area contributed by atoms with Crippen LogP contribution in [-0.2, 0) is 12.8 Å². The van der Waals surface area contributed by atoms with Crippen LogP contribution in [0, 0.1) is 29.4 Å². The van der Waals surface area contributed by atoms with E-state index in [1.54, 1.807) is 13.0 Å². The average molecular weight is 453 g/mol. The van der Waals surface area contributed by atoms with Gasteiger partial charge in [-0.1, -0.05) is 36.4 Å². The highest BCUT2D eigenvalue weighted by Crippen LogP contribution is 2.44. The van der Waals surface area contributed by atoms with E-state index in [4.69, 9.17) is 4.74 Å². The summed E-state index contributed by atoms with van der Waals surface area (Å²) in [4.78, 5) is 0. The van der Waals surface area contributed by atoms with Gasteiger partial charge in [0.2, 0.25) is 5.82 Å². The second-order valence-corrected chi connectivity index (χ2v) is 10.0. The molecule has 4 rings (SSSR count). The molecule has 1 nitrogen and oxygen atoms in total. The van der Waals surface area contributed by atoms with Crippen LogP contribution in [0.1, 0.15) is 80.9 Å². The summed E-state index contributed by atoms with van der Waals surface area (Å²) in [6.07, 6.45) is 14.1. The molecular formula is C30H38F2O. The maximum absolute atomic E-state index is 14.3. The van der Waals surface area contributed by atoms with Gasteiger partial charge in [-0.05, 0) is 118 Å². The van der Waals surface area contributed by atoms with Crippen molar-refractivity contribution in [1.82, 2.24) is 0 Å². The molecule has 2 aliphatic carbocycles. The lowest BCUT2D eigenvalue weighted by Crippen LogP contribution is -2.25. The van der Waals surface area contributed by atoms with Gasteiger partial charge < -0.3 is 4.74 Å². The number of hydrogen-bond donors (Lipinski definition) is 0. The van der Waals surface area contributed by atoms with Gasteiger partial charge in [0.25, 0.3) is 0 Å². The summed E-state index contributed by atoms with van der Waals surface area (Å²) >= 11 is 0. The van der Waals surface area contributed by atoms with Crippen molar-refractivity contribution in [3.8, 4) is 5.75 Å². The van der Waals surface area contributed by atoms with Gasteiger partial charge in [-0.2, -0.15) is 4.39 Å². The van der Waals surface area contributed by atoms with Crippen molar-refractivity contribution in [2.24, 2.45) is 17.8 Å². The van der Waals surface area contributed by atoms with Gasteiger partial charge in [0.15, 0.2) is 11.6 Å². The Hall–Kier alpha value is -2.16. The lowest BCUT2D eigenvalue weighted by atomic mass is 9.68. The summed E-state index contributed by atoms with van der Waals surface area (Å²) in [6, 6.07) is 12.0. The molecule has 0 spiro atoms. The normalized spacial score (nSPS) is 25.5. The van der Waals surface area contributed by atoms with E-state index < -0.39 is 11.6 Å². The summed E-state index contributed by atoms with van der Waals surface area (Å²) in [7, 11) is 0. The molecule has 0 bridgehead atoms. The molecule has 2 saturated carbocycles. The first-order valence-electron chi connectivity index (χ1n) is 12.9. The van der Waals surface area contributed by atoms with E-state index in [9.17, 15) is 8.78 Å². The molecule has 2 aliphatic rings. The summed E-state index contributed by atoms with van der Waals surface area (Å²) in [5.74, 6) is 1.58. The maximum atomic E-state index is 14.3. The van der Waals surface area contributed by atoms with Gasteiger partial charge in [-0.25, -0.2) is 4.39 Å². The summed E-state index contributed by atoms with van der Waals surface area (Å²) in [5.41, 5.74) is 3.01. The second kappa shape index (κ2) is 11.3. The number of ether oxygens (including phenoxy) is 1. The molecule has 3 heteroatoms. The number of halogens is 2. The van der Waals surface area contributed by atoms with Crippen molar-refractivity contribution in [2.75, 3.05) is 6.61 Å². The number of rotatable bonds is 8. The quantitative estimate of drug-likeness (QED) is 0.365. The van der Waals surface area contributed by atoms with Gasteiger partial charge in [0.1, 0.15) is 0 Å². The Kier molecular flexibility index (Phi) is 8.22. The molecule has 0 saturated heterocycles. The fourth-order valence-corrected chi connectivity index (χ4v) is 6.04. The molecule has 0 aliphatic heterocycles. The van der Waals surface area contributed by atoms with Crippen molar-refractivity contribution in [1.29, 1.82) is 0 Å². The van der Waals surface area contributed by atoms with Gasteiger partial charge in [-0.15, -0.1) is 6.58 Å². The van der Waals surface area contributed by atoms with Crippen LogP contribution in [-0.4, -0.2) is 6.61 Å². The van der Waals surface area contributed by atoms with Gasteiger partial charge in [0, 0.05) is 0 Å². The zero-order valence-corrected chi connectivity index (χ0v) is 20.0. The summed E-state index contributed by atoms with van der Waals surface area (Å²) in [6.45, 7) is 6.06. The highest BCUT2D eigenvalue weighted by atomic mass is 19.2. The van der Waals surface area contributed by atoms with Crippen LogP contribution < -0.4 is 4.74 Å². The van der Waals surface area contributed by atoms with E-state index in [0.29, 0.717) is 30.9 Å². The first-order chi connectivity index (χ1) is 16.1. The van der Waals surface area contributed by atoms with Crippen LogP contribution >= 0.6 is 0 Å². The third-order valence-electron chi connectivity index (χ3n) is 8.15. The Balaban J connectivity index is 1.27. The lowest BCUT2D eigenvalue weighted by Gasteiger charge is -2.37. The van der Waals surface area contributed by atoms with E-state index in [1.165, 1.54) is 68.6 Å². The summed E-state index contributed by atoms with van der Waals surface area (Å²) in [5, 5.41) is 0. The third kappa shape index (κ3) is 5.86. The van der Waals surface area contributed by atoms with Gasteiger partial charge >= 0.3 is 0 Å². The molecule has 0 atom stereocenters. The topological polar surface area (TPSA) is 9.23 Å². The predicted octanol–water partition coefficient (Wildman–Crippen LogP) is 8.41. The molecule has 0 aromatic heterocycles. The maximum Gasteiger partial charge on any atom is 0.200 e. The standard InChI is InChI=1S/C30H38F2O/c1-3-21-5-10-23(11-6-21)25-15-17-26(18-16-25)24-12-7-22(8-13-24)9-14-27-19-20-28(33-4-2)30(32)29(27)31/h3,7-8,12-13,19-21,23,25-26H,1,4-6,9-11,14-18H2,2H3. The Morgan fingerprint density at radius 3 is 2.06 bits per heavy atom. The monoisotopic (exact) mass is 452 g/mol. The van der Waals surface area contributed by atoms with Crippen LogP contribution in [0.2, 0.25) is 0 Å². The minimum Gasteiger partial charge on any atom is -0.491 e. The van der Waals surface area contributed by atoms with Crippen molar-refractivity contribution in [3.63, 3.8) is 0 Å². The molecule has 0 radical (unpaired) electrons. The first-order valence-corrected chi connectivity index (χ1v) is 12.9. The Labute approximate surface area is 198 Å². The largest absolute Gasteiger partial charge is 0.491 e. The number of allylic oxidation sites excluding steroid dienone is 1. The van der Waals surface area contributed by atoms with Crippen molar-refractivity contribution >= 4 is 0 Å². The molecule has 0 amide bonds. The molecule has 178 valence electrons. The fraction of sp³-hybridized carbons (Fsp3) is 0.533. The first kappa shape index (κ1) is 24.0. The van der Waals surface area contributed by atoms with Crippen molar-refractivity contribution in [2.45, 2.75) is 77.0 Å². The van der Waals surface area contributed by atoms with E-state index >= 15 is 0 Å². The number of benzene rings is 2. The Bertz CT molecular complexity index is 904. The minimum absolute atomic E-state index is 0.0118. The average Bonchev–Trinajstić information content (AvgIpc) is 2.87. The fourth-order valence-electron chi connectivity index (χ4n) is 6.04. The predicted molar refractivity (Wildman–Crippen MR) is 132 cm³/mol. The molecule has 2 aromatic rings. The van der Waals surface area contributed by atoms with Gasteiger partial charge in [-0.3, -0.25) is 0 Å². The Morgan fingerprint density at radius 2 is 1.45 bits per heavy atom. The van der Waals surface area contributed by atoms with Crippen molar-refractivity contribution in [3.05, 3.63) is 77.4 Å². The SMILES string of the molecule is C=CC1CCC(C2CCC(c3ccc(CCc4ccc(OCC)c(F)c4F)cc3)CC2)CC1. The van der Waals surface area contributed by atoms with Crippen LogP contribution in [0.5, 0.6) is 5.75 Å². The molecule has 0 heterocycles. The molecule has 2 aromatic carbocycles. The molecule has 2 fully saturated rings. The number of aryl methyl sites for hydroxylation is 2. The highest BCUT2D eigenvalue weighted by Gasteiger charge is 2.30. The smallest absolute Gasteiger partial charge is 0.200 e. The van der Waals surface area contributed by atoms with Crippen molar-refractivity contribution < 1.29 is 13.5 Å². The highest BCUT2D eigenvalue weighted by molar-refractivity contribution is 5.32. The van der Waals surface area contributed by atoms with Gasteiger partial charge in [0.05, 0.1) is 6.61 Å². The van der Waals surface area contributed by atoms with Crippen LogP contribution in [0.3, 0.4) is 0 Å². The van der Waals surface area contributed by atoms with E-state index in [0.717, 1.165) is 17.8 Å². The molecule has 0 unspecified atom stereocenters. The van der Waals surface area contributed by atoms with Crippen LogP contribution in [0.15, 0.2) is 49.1 Å². The minimum atomic E-state index is -0.881. The van der Waals surface area contributed by atoms with E-state index in [1.807, 2.05) is 0 Å².